The lowest BCUT2D eigenvalue weighted by atomic mass is 10.1. The van der Waals surface area contributed by atoms with Gasteiger partial charge in [-0.15, -0.1) is 0 Å². The van der Waals surface area contributed by atoms with Crippen molar-refractivity contribution in [3.05, 3.63) is 41.2 Å². The molecule has 10 heteroatoms. The fraction of sp³-hybridized carbons (Fsp3) is 0.353. The van der Waals surface area contributed by atoms with Crippen LogP contribution in [-0.4, -0.2) is 44.9 Å². The first-order valence-electron chi connectivity index (χ1n) is 8.18. The highest BCUT2D eigenvalue weighted by Gasteiger charge is 2.23. The standard InChI is InChI=1S/C17H22N6O3S/c1-10-4-3-5-11(8-10)14(24)20-12(6-7-27-2)15(25)26-9-13-21-16(18)23-17(19)22-13/h3-5,8,12H,6-7,9H2,1-2H3,(H,20,24)(H4,18,19,21,22,23)/t12-/m1/s1. The zero-order chi connectivity index (χ0) is 19.8. The summed E-state index contributed by atoms with van der Waals surface area (Å²) in [5.41, 5.74) is 12.4. The number of rotatable bonds is 8. The van der Waals surface area contributed by atoms with Gasteiger partial charge < -0.3 is 21.5 Å². The summed E-state index contributed by atoms with van der Waals surface area (Å²) in [4.78, 5) is 36.2. The Bertz CT molecular complexity index is 797. The summed E-state index contributed by atoms with van der Waals surface area (Å²) < 4.78 is 5.23. The Morgan fingerprint density at radius 1 is 1.22 bits per heavy atom. The third-order valence-corrected chi connectivity index (χ3v) is 4.18. The first-order chi connectivity index (χ1) is 12.9. The van der Waals surface area contributed by atoms with Crippen molar-refractivity contribution in [3.63, 3.8) is 0 Å². The Morgan fingerprint density at radius 2 is 1.93 bits per heavy atom. The fourth-order valence-electron chi connectivity index (χ4n) is 2.27. The molecule has 0 saturated carbocycles. The maximum absolute atomic E-state index is 12.4. The molecule has 0 aliphatic rings. The van der Waals surface area contributed by atoms with Crippen LogP contribution in [0, 0.1) is 6.92 Å². The van der Waals surface area contributed by atoms with Gasteiger partial charge in [0.2, 0.25) is 11.9 Å². The van der Waals surface area contributed by atoms with Crippen LogP contribution in [0.2, 0.25) is 0 Å². The van der Waals surface area contributed by atoms with Gasteiger partial charge in [-0.05, 0) is 37.5 Å². The molecule has 1 atom stereocenters. The minimum Gasteiger partial charge on any atom is -0.456 e. The topological polar surface area (TPSA) is 146 Å². The summed E-state index contributed by atoms with van der Waals surface area (Å²) in [5.74, 6) is -0.208. The van der Waals surface area contributed by atoms with Gasteiger partial charge in [0.25, 0.3) is 5.91 Å². The van der Waals surface area contributed by atoms with Crippen molar-refractivity contribution in [2.75, 3.05) is 23.5 Å². The van der Waals surface area contributed by atoms with E-state index in [4.69, 9.17) is 16.2 Å². The largest absolute Gasteiger partial charge is 0.456 e. The average Bonchev–Trinajstić information content (AvgIpc) is 2.62. The number of nitrogens with two attached hydrogens (primary N) is 2. The second-order valence-corrected chi connectivity index (χ2v) is 6.74. The molecule has 144 valence electrons. The number of anilines is 2. The van der Waals surface area contributed by atoms with Crippen LogP contribution >= 0.6 is 11.8 Å². The first kappa shape index (κ1) is 20.4. The van der Waals surface area contributed by atoms with Gasteiger partial charge in [0.1, 0.15) is 6.04 Å². The monoisotopic (exact) mass is 390 g/mol. The highest BCUT2D eigenvalue weighted by atomic mass is 32.2. The van der Waals surface area contributed by atoms with Gasteiger partial charge in [-0.1, -0.05) is 17.7 Å². The van der Waals surface area contributed by atoms with Gasteiger partial charge in [0.15, 0.2) is 12.4 Å². The second kappa shape index (κ2) is 9.72. The van der Waals surface area contributed by atoms with Crippen molar-refractivity contribution in [1.29, 1.82) is 0 Å². The minimum absolute atomic E-state index is 0.0553. The van der Waals surface area contributed by atoms with Crippen LogP contribution in [0.4, 0.5) is 11.9 Å². The molecule has 2 rings (SSSR count). The summed E-state index contributed by atoms with van der Waals surface area (Å²) in [6.07, 6.45) is 2.35. The number of thioether (sulfide) groups is 1. The quantitative estimate of drug-likeness (QED) is 0.560. The fourth-order valence-corrected chi connectivity index (χ4v) is 2.74. The van der Waals surface area contributed by atoms with E-state index < -0.39 is 12.0 Å². The second-order valence-electron chi connectivity index (χ2n) is 5.75. The highest BCUT2D eigenvalue weighted by molar-refractivity contribution is 7.98. The maximum atomic E-state index is 12.4. The number of hydrogen-bond donors (Lipinski definition) is 3. The van der Waals surface area contributed by atoms with E-state index in [0.29, 0.717) is 17.7 Å². The van der Waals surface area contributed by atoms with Gasteiger partial charge in [0, 0.05) is 5.56 Å². The molecule has 0 spiro atoms. The lowest BCUT2D eigenvalue weighted by Gasteiger charge is -2.17. The SMILES string of the molecule is CSCC[C@@H](NC(=O)c1cccc(C)c1)C(=O)OCc1nc(N)nc(N)n1. The molecule has 0 unspecified atom stereocenters. The predicted octanol–water partition coefficient (Wildman–Crippen LogP) is 0.939. The summed E-state index contributed by atoms with van der Waals surface area (Å²) in [6.45, 7) is 1.67. The summed E-state index contributed by atoms with van der Waals surface area (Å²) in [5, 5.41) is 2.72. The third kappa shape index (κ3) is 6.41. The van der Waals surface area contributed by atoms with Crippen LogP contribution < -0.4 is 16.8 Å². The van der Waals surface area contributed by atoms with Crippen molar-refractivity contribution in [1.82, 2.24) is 20.3 Å². The van der Waals surface area contributed by atoms with Gasteiger partial charge >= 0.3 is 5.97 Å². The van der Waals surface area contributed by atoms with Crippen LogP contribution in [-0.2, 0) is 16.1 Å². The number of ether oxygens (including phenoxy) is 1. The summed E-state index contributed by atoms with van der Waals surface area (Å²) in [7, 11) is 0. The molecule has 0 aliphatic carbocycles. The molecule has 0 aliphatic heterocycles. The van der Waals surface area contributed by atoms with Crippen molar-refractivity contribution < 1.29 is 14.3 Å². The van der Waals surface area contributed by atoms with Crippen LogP contribution in [0.15, 0.2) is 24.3 Å². The van der Waals surface area contributed by atoms with Gasteiger partial charge in [-0.3, -0.25) is 4.79 Å². The predicted molar refractivity (Wildman–Crippen MR) is 104 cm³/mol. The van der Waals surface area contributed by atoms with E-state index in [-0.39, 0.29) is 30.2 Å². The Morgan fingerprint density at radius 3 is 2.56 bits per heavy atom. The van der Waals surface area contributed by atoms with E-state index in [1.54, 1.807) is 30.0 Å². The van der Waals surface area contributed by atoms with E-state index in [0.717, 1.165) is 5.56 Å². The van der Waals surface area contributed by atoms with E-state index in [1.165, 1.54) is 0 Å². The number of nitrogens with zero attached hydrogens (tertiary/aromatic N) is 3. The smallest absolute Gasteiger partial charge is 0.329 e. The van der Waals surface area contributed by atoms with E-state index in [2.05, 4.69) is 20.3 Å². The number of esters is 1. The molecular weight excluding hydrogens is 368 g/mol. The number of aryl methyl sites for hydroxylation is 1. The Balaban J connectivity index is 2.03. The number of amides is 1. The lowest BCUT2D eigenvalue weighted by Crippen LogP contribution is -2.42. The number of nitrogens with one attached hydrogen (secondary N) is 1. The van der Waals surface area contributed by atoms with Crippen molar-refractivity contribution in [2.45, 2.75) is 26.0 Å². The molecule has 0 saturated heterocycles. The Kier molecular flexibility index (Phi) is 7.35. The molecule has 1 heterocycles. The Labute approximate surface area is 161 Å². The highest BCUT2D eigenvalue weighted by Crippen LogP contribution is 2.09. The zero-order valence-corrected chi connectivity index (χ0v) is 16.0. The third-order valence-electron chi connectivity index (χ3n) is 3.54. The number of hydrogen-bond acceptors (Lipinski definition) is 9. The van der Waals surface area contributed by atoms with Gasteiger partial charge in [-0.2, -0.15) is 26.7 Å². The molecule has 0 radical (unpaired) electrons. The van der Waals surface area contributed by atoms with Crippen LogP contribution in [0.3, 0.4) is 0 Å². The zero-order valence-electron chi connectivity index (χ0n) is 15.1. The molecule has 0 bridgehead atoms. The van der Waals surface area contributed by atoms with Gasteiger partial charge in [-0.25, -0.2) is 4.79 Å². The molecule has 27 heavy (non-hydrogen) atoms. The molecule has 5 N–H and O–H groups in total. The summed E-state index contributed by atoms with van der Waals surface area (Å²) >= 11 is 1.57. The number of carbonyl (C=O) groups excluding carboxylic acids is 2. The lowest BCUT2D eigenvalue weighted by molar-refractivity contribution is -0.147. The average molecular weight is 390 g/mol. The number of aromatic nitrogens is 3. The molecular formula is C17H22N6O3S. The molecule has 1 aromatic carbocycles. The molecule has 9 nitrogen and oxygen atoms in total. The molecule has 2 aromatic rings. The van der Waals surface area contributed by atoms with Crippen LogP contribution in [0.25, 0.3) is 0 Å². The van der Waals surface area contributed by atoms with E-state index >= 15 is 0 Å². The van der Waals surface area contributed by atoms with Gasteiger partial charge in [0.05, 0.1) is 0 Å². The van der Waals surface area contributed by atoms with E-state index in [1.807, 2.05) is 19.2 Å². The van der Waals surface area contributed by atoms with Crippen LogP contribution in [0.5, 0.6) is 0 Å². The summed E-state index contributed by atoms with van der Waals surface area (Å²) in [6, 6.07) is 6.33. The first-order valence-corrected chi connectivity index (χ1v) is 9.57. The Hall–Kier alpha value is -2.88. The minimum atomic E-state index is -0.790. The molecule has 1 aromatic heterocycles. The van der Waals surface area contributed by atoms with Crippen LogP contribution in [0.1, 0.15) is 28.2 Å². The normalized spacial score (nSPS) is 11.6. The number of benzene rings is 1. The number of carbonyl (C=O) groups is 2. The van der Waals surface area contributed by atoms with Crippen molar-refractivity contribution in [2.24, 2.45) is 0 Å². The molecule has 0 fully saturated rings. The van der Waals surface area contributed by atoms with E-state index in [9.17, 15) is 9.59 Å². The number of nitrogen functional groups attached to an aromatic ring is 2. The van der Waals surface area contributed by atoms with Crippen molar-refractivity contribution in [3.8, 4) is 0 Å². The maximum Gasteiger partial charge on any atom is 0.329 e. The van der Waals surface area contributed by atoms with Crippen molar-refractivity contribution >= 4 is 35.5 Å². The molecule has 1 amide bonds.